The Balaban J connectivity index is 1.65. The SMILES string of the molecule is COc1ccccc1NC(=O)NCC(c1ccco1)n1cccn1. The first-order valence-corrected chi connectivity index (χ1v) is 7.48. The van der Waals surface area contributed by atoms with Crippen LogP contribution in [0.5, 0.6) is 5.75 Å². The van der Waals surface area contributed by atoms with E-state index < -0.39 is 0 Å². The number of para-hydroxylation sites is 2. The Morgan fingerprint density at radius 3 is 2.88 bits per heavy atom. The quantitative estimate of drug-likeness (QED) is 0.730. The molecule has 24 heavy (non-hydrogen) atoms. The molecule has 2 aromatic heterocycles. The number of urea groups is 1. The van der Waals surface area contributed by atoms with Crippen LogP contribution in [0.3, 0.4) is 0 Å². The number of carbonyl (C=O) groups excluding carboxylic acids is 1. The van der Waals surface area contributed by atoms with Crippen molar-refractivity contribution in [3.8, 4) is 5.75 Å². The molecular weight excluding hydrogens is 308 g/mol. The molecule has 3 rings (SSSR count). The number of nitrogens with zero attached hydrogens (tertiary/aromatic N) is 2. The first kappa shape index (κ1) is 15.7. The number of benzene rings is 1. The predicted molar refractivity (Wildman–Crippen MR) is 89.1 cm³/mol. The molecule has 0 spiro atoms. The highest BCUT2D eigenvalue weighted by Crippen LogP contribution is 2.23. The molecule has 0 aliphatic carbocycles. The van der Waals surface area contributed by atoms with E-state index in [1.54, 1.807) is 42.5 Å². The van der Waals surface area contributed by atoms with Crippen LogP contribution in [0.25, 0.3) is 0 Å². The number of nitrogens with one attached hydrogen (secondary N) is 2. The van der Waals surface area contributed by atoms with Gasteiger partial charge in [0.05, 0.1) is 19.1 Å². The Hall–Kier alpha value is -3.22. The number of amides is 2. The van der Waals surface area contributed by atoms with E-state index >= 15 is 0 Å². The monoisotopic (exact) mass is 326 g/mol. The summed E-state index contributed by atoms with van der Waals surface area (Å²) >= 11 is 0. The Kier molecular flexibility index (Phi) is 4.81. The number of anilines is 1. The molecule has 0 aliphatic rings. The van der Waals surface area contributed by atoms with E-state index in [-0.39, 0.29) is 12.1 Å². The molecule has 7 heteroatoms. The van der Waals surface area contributed by atoms with Gasteiger partial charge in [-0.25, -0.2) is 4.79 Å². The summed E-state index contributed by atoms with van der Waals surface area (Å²) in [7, 11) is 1.56. The van der Waals surface area contributed by atoms with Crippen LogP contribution in [-0.4, -0.2) is 29.5 Å². The van der Waals surface area contributed by atoms with Gasteiger partial charge in [0, 0.05) is 18.9 Å². The molecule has 1 atom stereocenters. The van der Waals surface area contributed by atoms with Crippen molar-refractivity contribution < 1.29 is 13.9 Å². The lowest BCUT2D eigenvalue weighted by molar-refractivity contribution is 0.249. The molecule has 2 N–H and O–H groups in total. The molecule has 1 unspecified atom stereocenters. The molecule has 3 aromatic rings. The van der Waals surface area contributed by atoms with Gasteiger partial charge in [-0.3, -0.25) is 4.68 Å². The number of aromatic nitrogens is 2. The summed E-state index contributed by atoms with van der Waals surface area (Å²) < 4.78 is 12.4. The fourth-order valence-electron chi connectivity index (χ4n) is 2.37. The molecule has 0 radical (unpaired) electrons. The summed E-state index contributed by atoms with van der Waals surface area (Å²) in [4.78, 5) is 12.2. The smallest absolute Gasteiger partial charge is 0.319 e. The zero-order chi connectivity index (χ0) is 16.8. The third kappa shape index (κ3) is 3.57. The van der Waals surface area contributed by atoms with Gasteiger partial charge in [0.15, 0.2) is 0 Å². The van der Waals surface area contributed by atoms with Crippen LogP contribution < -0.4 is 15.4 Å². The molecule has 0 fully saturated rings. The Labute approximate surface area is 139 Å². The minimum atomic E-state index is -0.330. The van der Waals surface area contributed by atoms with Gasteiger partial charge in [-0.15, -0.1) is 0 Å². The topological polar surface area (TPSA) is 81.3 Å². The van der Waals surface area contributed by atoms with Crippen molar-refractivity contribution in [2.24, 2.45) is 0 Å². The fraction of sp³-hybridized carbons (Fsp3) is 0.176. The summed E-state index contributed by atoms with van der Waals surface area (Å²) in [5.74, 6) is 1.32. The molecule has 1 aromatic carbocycles. The van der Waals surface area contributed by atoms with Gasteiger partial charge in [-0.05, 0) is 30.3 Å². The number of hydrogen-bond acceptors (Lipinski definition) is 4. The number of ether oxygens (including phenoxy) is 1. The van der Waals surface area contributed by atoms with Crippen molar-refractivity contribution in [1.29, 1.82) is 0 Å². The summed E-state index contributed by atoms with van der Waals surface area (Å²) in [6, 6.07) is 12.2. The number of methoxy groups -OCH3 is 1. The number of furan rings is 1. The normalized spacial score (nSPS) is 11.7. The van der Waals surface area contributed by atoms with Crippen molar-refractivity contribution >= 4 is 11.7 Å². The number of rotatable bonds is 6. The van der Waals surface area contributed by atoms with Crippen LogP contribution in [0, 0.1) is 0 Å². The molecule has 7 nitrogen and oxygen atoms in total. The van der Waals surface area contributed by atoms with E-state index in [1.807, 2.05) is 30.5 Å². The highest BCUT2D eigenvalue weighted by atomic mass is 16.5. The molecule has 0 saturated carbocycles. The molecule has 0 saturated heterocycles. The summed E-state index contributed by atoms with van der Waals surface area (Å²) in [6.45, 7) is 0.330. The van der Waals surface area contributed by atoms with Crippen molar-refractivity contribution in [3.05, 3.63) is 66.9 Å². The Morgan fingerprint density at radius 2 is 2.17 bits per heavy atom. The van der Waals surface area contributed by atoms with E-state index in [0.717, 1.165) is 5.76 Å². The molecule has 0 aliphatic heterocycles. The first-order valence-electron chi connectivity index (χ1n) is 7.48. The van der Waals surface area contributed by atoms with Crippen LogP contribution in [0.2, 0.25) is 0 Å². The van der Waals surface area contributed by atoms with Gasteiger partial charge in [0.25, 0.3) is 0 Å². The maximum atomic E-state index is 12.2. The van der Waals surface area contributed by atoms with Gasteiger partial charge in [0.1, 0.15) is 17.6 Å². The zero-order valence-corrected chi connectivity index (χ0v) is 13.2. The summed E-state index contributed by atoms with van der Waals surface area (Å²) in [5.41, 5.74) is 0.603. The fourth-order valence-corrected chi connectivity index (χ4v) is 2.37. The van der Waals surface area contributed by atoms with Gasteiger partial charge in [-0.1, -0.05) is 12.1 Å². The van der Waals surface area contributed by atoms with Crippen LogP contribution in [-0.2, 0) is 0 Å². The molecule has 2 heterocycles. The van der Waals surface area contributed by atoms with Gasteiger partial charge < -0.3 is 19.8 Å². The maximum absolute atomic E-state index is 12.2. The third-order valence-corrected chi connectivity index (χ3v) is 3.53. The average Bonchev–Trinajstić information content (AvgIpc) is 3.30. The number of hydrogen-bond donors (Lipinski definition) is 2. The van der Waals surface area contributed by atoms with E-state index in [2.05, 4.69) is 15.7 Å². The van der Waals surface area contributed by atoms with E-state index in [4.69, 9.17) is 9.15 Å². The van der Waals surface area contributed by atoms with E-state index in [1.165, 1.54) is 0 Å². The predicted octanol–water partition coefficient (Wildman–Crippen LogP) is 2.90. The van der Waals surface area contributed by atoms with Crippen LogP contribution >= 0.6 is 0 Å². The minimum Gasteiger partial charge on any atom is -0.495 e. The lowest BCUT2D eigenvalue weighted by atomic mass is 10.2. The maximum Gasteiger partial charge on any atom is 0.319 e. The van der Waals surface area contributed by atoms with Crippen molar-refractivity contribution in [1.82, 2.24) is 15.1 Å². The van der Waals surface area contributed by atoms with Crippen molar-refractivity contribution in [3.63, 3.8) is 0 Å². The van der Waals surface area contributed by atoms with Crippen LogP contribution in [0.4, 0.5) is 10.5 Å². The minimum absolute atomic E-state index is 0.224. The molecule has 2 amide bonds. The third-order valence-electron chi connectivity index (χ3n) is 3.53. The zero-order valence-electron chi connectivity index (χ0n) is 13.2. The van der Waals surface area contributed by atoms with Gasteiger partial charge in [0.2, 0.25) is 0 Å². The summed E-state index contributed by atoms with van der Waals surface area (Å²) in [5, 5.41) is 9.83. The average molecular weight is 326 g/mol. The van der Waals surface area contributed by atoms with Gasteiger partial charge >= 0.3 is 6.03 Å². The van der Waals surface area contributed by atoms with Crippen molar-refractivity contribution in [2.45, 2.75) is 6.04 Å². The first-order chi connectivity index (χ1) is 11.8. The number of carbonyl (C=O) groups is 1. The molecule has 124 valence electrons. The van der Waals surface area contributed by atoms with Crippen molar-refractivity contribution in [2.75, 3.05) is 19.0 Å². The molecular formula is C17H18N4O3. The van der Waals surface area contributed by atoms with Crippen LogP contribution in [0.15, 0.2) is 65.5 Å². The Bertz CT molecular complexity index is 735. The standard InChI is InChI=1S/C17H18N4O3/c1-23-15-7-3-2-6-13(15)20-17(22)18-12-14(16-8-4-11-24-16)21-10-5-9-19-21/h2-11,14H,12H2,1H3,(H2,18,20,22). The summed E-state index contributed by atoms with van der Waals surface area (Å²) in [6.07, 6.45) is 5.11. The van der Waals surface area contributed by atoms with Gasteiger partial charge in [-0.2, -0.15) is 5.10 Å². The molecule has 0 bridgehead atoms. The lowest BCUT2D eigenvalue weighted by Crippen LogP contribution is -2.34. The largest absolute Gasteiger partial charge is 0.495 e. The highest BCUT2D eigenvalue weighted by molar-refractivity contribution is 5.90. The van der Waals surface area contributed by atoms with E-state index in [9.17, 15) is 4.79 Å². The second-order valence-electron chi connectivity index (χ2n) is 5.05. The highest BCUT2D eigenvalue weighted by Gasteiger charge is 2.18. The second kappa shape index (κ2) is 7.36. The Morgan fingerprint density at radius 1 is 1.29 bits per heavy atom. The lowest BCUT2D eigenvalue weighted by Gasteiger charge is -2.17. The van der Waals surface area contributed by atoms with E-state index in [0.29, 0.717) is 18.0 Å². The van der Waals surface area contributed by atoms with Crippen LogP contribution in [0.1, 0.15) is 11.8 Å². The second-order valence-corrected chi connectivity index (χ2v) is 5.05.